The van der Waals surface area contributed by atoms with Gasteiger partial charge in [-0.2, -0.15) is 16.7 Å². The summed E-state index contributed by atoms with van der Waals surface area (Å²) in [6, 6.07) is 0. The summed E-state index contributed by atoms with van der Waals surface area (Å²) in [6.07, 6.45) is 1.73. The van der Waals surface area contributed by atoms with Gasteiger partial charge in [-0.1, -0.05) is 18.5 Å². The Morgan fingerprint density at radius 3 is 3.00 bits per heavy atom. The van der Waals surface area contributed by atoms with E-state index in [4.69, 9.17) is 9.26 Å². The van der Waals surface area contributed by atoms with E-state index in [1.165, 1.54) is 0 Å². The number of rotatable bonds is 6. The van der Waals surface area contributed by atoms with Crippen LogP contribution in [-0.4, -0.2) is 34.0 Å². The number of carbonyl (C=O) groups is 1. The van der Waals surface area contributed by atoms with Crippen LogP contribution in [0.5, 0.6) is 0 Å². The first-order chi connectivity index (χ1) is 8.76. The highest BCUT2D eigenvalue weighted by molar-refractivity contribution is 8.00. The van der Waals surface area contributed by atoms with Crippen LogP contribution in [0.25, 0.3) is 0 Å². The number of thioether (sulfide) groups is 1. The fourth-order valence-electron chi connectivity index (χ4n) is 1.95. The van der Waals surface area contributed by atoms with Crippen LogP contribution in [0.15, 0.2) is 4.52 Å². The van der Waals surface area contributed by atoms with Crippen molar-refractivity contribution in [2.75, 3.05) is 18.1 Å². The molecule has 1 aromatic heterocycles. The average Bonchev–Trinajstić information content (AvgIpc) is 2.97. The summed E-state index contributed by atoms with van der Waals surface area (Å²) in [7, 11) is 0. The minimum absolute atomic E-state index is 0.123. The van der Waals surface area contributed by atoms with Crippen molar-refractivity contribution in [1.29, 1.82) is 0 Å². The lowest BCUT2D eigenvalue weighted by atomic mass is 10.1. The van der Waals surface area contributed by atoms with Crippen LogP contribution in [0.4, 0.5) is 0 Å². The molecule has 1 aliphatic rings. The van der Waals surface area contributed by atoms with Gasteiger partial charge in [0.25, 0.3) is 0 Å². The quantitative estimate of drug-likeness (QED) is 0.790. The SMILES string of the molecule is CCCC(OCC)c1noc(C2CSCC2=O)n1. The molecule has 1 fully saturated rings. The van der Waals surface area contributed by atoms with Gasteiger partial charge in [-0.3, -0.25) is 4.79 Å². The maximum absolute atomic E-state index is 11.6. The van der Waals surface area contributed by atoms with E-state index >= 15 is 0 Å². The van der Waals surface area contributed by atoms with Crippen LogP contribution in [0, 0.1) is 0 Å². The molecule has 100 valence electrons. The molecule has 0 aliphatic carbocycles. The predicted octanol–water partition coefficient (Wildman–Crippen LogP) is 2.35. The Bertz CT molecular complexity index is 402. The van der Waals surface area contributed by atoms with Gasteiger partial charge in [0.15, 0.2) is 5.78 Å². The number of nitrogens with zero attached hydrogens (tertiary/aromatic N) is 2. The maximum Gasteiger partial charge on any atom is 0.238 e. The summed E-state index contributed by atoms with van der Waals surface area (Å²) in [4.78, 5) is 16.0. The highest BCUT2D eigenvalue weighted by Gasteiger charge is 2.32. The Morgan fingerprint density at radius 1 is 1.56 bits per heavy atom. The number of ether oxygens (including phenoxy) is 1. The third-order valence-electron chi connectivity index (χ3n) is 2.88. The number of hydrogen-bond donors (Lipinski definition) is 0. The van der Waals surface area contributed by atoms with E-state index in [2.05, 4.69) is 17.1 Å². The van der Waals surface area contributed by atoms with E-state index in [1.807, 2.05) is 6.92 Å². The molecule has 2 heterocycles. The Hall–Kier alpha value is -0.880. The minimum atomic E-state index is -0.222. The van der Waals surface area contributed by atoms with Gasteiger partial charge in [0, 0.05) is 12.4 Å². The molecule has 2 atom stereocenters. The van der Waals surface area contributed by atoms with Crippen molar-refractivity contribution in [3.8, 4) is 0 Å². The molecule has 0 amide bonds. The average molecular weight is 270 g/mol. The predicted molar refractivity (Wildman–Crippen MR) is 68.6 cm³/mol. The third kappa shape index (κ3) is 2.92. The van der Waals surface area contributed by atoms with Gasteiger partial charge in [-0.15, -0.1) is 0 Å². The standard InChI is InChI=1S/C12H18N2O3S/c1-3-5-10(16-4-2)11-13-12(17-14-11)8-6-18-7-9(8)15/h8,10H,3-7H2,1-2H3. The van der Waals surface area contributed by atoms with Gasteiger partial charge in [-0.25, -0.2) is 0 Å². The largest absolute Gasteiger partial charge is 0.370 e. The normalized spacial score (nSPS) is 21.4. The van der Waals surface area contributed by atoms with E-state index in [-0.39, 0.29) is 17.8 Å². The zero-order valence-electron chi connectivity index (χ0n) is 10.7. The van der Waals surface area contributed by atoms with Crippen molar-refractivity contribution in [2.24, 2.45) is 0 Å². The second-order valence-electron chi connectivity index (χ2n) is 4.26. The maximum atomic E-state index is 11.6. The van der Waals surface area contributed by atoms with Crippen molar-refractivity contribution in [2.45, 2.75) is 38.7 Å². The van der Waals surface area contributed by atoms with Gasteiger partial charge in [0.05, 0.1) is 5.75 Å². The first-order valence-corrected chi connectivity index (χ1v) is 7.47. The highest BCUT2D eigenvalue weighted by Crippen LogP contribution is 2.30. The first kappa shape index (κ1) is 13.5. The molecule has 1 saturated heterocycles. The number of ketones is 1. The van der Waals surface area contributed by atoms with Crippen LogP contribution >= 0.6 is 11.8 Å². The molecular formula is C12H18N2O3S. The van der Waals surface area contributed by atoms with Crippen LogP contribution < -0.4 is 0 Å². The van der Waals surface area contributed by atoms with Crippen molar-refractivity contribution in [3.63, 3.8) is 0 Å². The third-order valence-corrected chi connectivity index (χ3v) is 3.94. The molecule has 5 nitrogen and oxygen atoms in total. The summed E-state index contributed by atoms with van der Waals surface area (Å²) in [6.45, 7) is 4.65. The van der Waals surface area contributed by atoms with Crippen LogP contribution in [0.2, 0.25) is 0 Å². The monoisotopic (exact) mass is 270 g/mol. The van der Waals surface area contributed by atoms with Gasteiger partial charge < -0.3 is 9.26 Å². The summed E-state index contributed by atoms with van der Waals surface area (Å²) in [5.41, 5.74) is 0. The smallest absolute Gasteiger partial charge is 0.238 e. The van der Waals surface area contributed by atoms with Crippen LogP contribution in [0.3, 0.4) is 0 Å². The van der Waals surface area contributed by atoms with Crippen molar-refractivity contribution in [1.82, 2.24) is 10.1 Å². The summed E-state index contributed by atoms with van der Waals surface area (Å²) < 4.78 is 10.8. The van der Waals surface area contributed by atoms with Gasteiger partial charge in [0.1, 0.15) is 12.0 Å². The number of aromatic nitrogens is 2. The van der Waals surface area contributed by atoms with Crippen molar-refractivity contribution >= 4 is 17.5 Å². The van der Waals surface area contributed by atoms with E-state index in [9.17, 15) is 4.79 Å². The van der Waals surface area contributed by atoms with Crippen molar-refractivity contribution in [3.05, 3.63) is 11.7 Å². The Morgan fingerprint density at radius 2 is 2.39 bits per heavy atom. The minimum Gasteiger partial charge on any atom is -0.370 e. The van der Waals surface area contributed by atoms with E-state index in [0.29, 0.717) is 24.1 Å². The second-order valence-corrected chi connectivity index (χ2v) is 5.29. The van der Waals surface area contributed by atoms with E-state index in [0.717, 1.165) is 18.6 Å². The Balaban J connectivity index is 2.10. The molecule has 0 saturated carbocycles. The highest BCUT2D eigenvalue weighted by atomic mass is 32.2. The molecule has 0 aromatic carbocycles. The number of hydrogen-bond acceptors (Lipinski definition) is 6. The van der Waals surface area contributed by atoms with E-state index < -0.39 is 0 Å². The fraction of sp³-hybridized carbons (Fsp3) is 0.750. The Kier molecular flexibility index (Phi) is 4.77. The topological polar surface area (TPSA) is 65.2 Å². The molecular weight excluding hydrogens is 252 g/mol. The summed E-state index contributed by atoms with van der Waals surface area (Å²) >= 11 is 1.61. The molecule has 2 unspecified atom stereocenters. The molecule has 1 aromatic rings. The zero-order chi connectivity index (χ0) is 13.0. The molecule has 1 aliphatic heterocycles. The first-order valence-electron chi connectivity index (χ1n) is 6.31. The molecule has 0 radical (unpaired) electrons. The molecule has 18 heavy (non-hydrogen) atoms. The lowest BCUT2D eigenvalue weighted by Crippen LogP contribution is -2.10. The lowest BCUT2D eigenvalue weighted by molar-refractivity contribution is -0.117. The summed E-state index contributed by atoms with van der Waals surface area (Å²) in [5.74, 6) is 2.26. The molecule has 2 rings (SSSR count). The zero-order valence-corrected chi connectivity index (χ0v) is 11.5. The Labute approximate surface area is 111 Å². The summed E-state index contributed by atoms with van der Waals surface area (Å²) in [5, 5.41) is 3.96. The number of carbonyl (C=O) groups excluding carboxylic acids is 1. The molecule has 0 N–H and O–H groups in total. The number of Topliss-reactive ketones (excluding diaryl/α,β-unsaturated/α-hetero) is 1. The fourth-order valence-corrected chi connectivity index (χ4v) is 3.03. The van der Waals surface area contributed by atoms with Gasteiger partial charge >= 0.3 is 0 Å². The van der Waals surface area contributed by atoms with Crippen molar-refractivity contribution < 1.29 is 14.1 Å². The molecule has 6 heteroatoms. The van der Waals surface area contributed by atoms with Crippen LogP contribution in [-0.2, 0) is 9.53 Å². The van der Waals surface area contributed by atoms with Crippen LogP contribution in [0.1, 0.15) is 50.4 Å². The second kappa shape index (κ2) is 6.33. The molecule has 0 spiro atoms. The van der Waals surface area contributed by atoms with Gasteiger partial charge in [-0.05, 0) is 13.3 Å². The lowest BCUT2D eigenvalue weighted by Gasteiger charge is -2.11. The van der Waals surface area contributed by atoms with E-state index in [1.54, 1.807) is 11.8 Å². The van der Waals surface area contributed by atoms with Gasteiger partial charge in [0.2, 0.25) is 11.7 Å². The molecule has 0 bridgehead atoms.